The van der Waals surface area contributed by atoms with E-state index in [4.69, 9.17) is 0 Å². The maximum absolute atomic E-state index is 13.4. The summed E-state index contributed by atoms with van der Waals surface area (Å²) < 4.78 is 2.61. The van der Waals surface area contributed by atoms with Crippen molar-refractivity contribution in [2.24, 2.45) is 0 Å². The Hall–Kier alpha value is -3.15. The van der Waals surface area contributed by atoms with E-state index < -0.39 is 5.69 Å². The fourth-order valence-corrected chi connectivity index (χ4v) is 4.37. The van der Waals surface area contributed by atoms with Gasteiger partial charge >= 0.3 is 5.69 Å². The second-order valence-electron chi connectivity index (χ2n) is 8.01. The maximum Gasteiger partial charge on any atom is 0.336 e. The Morgan fingerprint density at radius 2 is 1.77 bits per heavy atom. The summed E-state index contributed by atoms with van der Waals surface area (Å²) >= 11 is 0. The number of carbonyl (C=O) groups excluding carboxylic acids is 1. The third-order valence-corrected chi connectivity index (χ3v) is 6.05. The van der Waals surface area contributed by atoms with Crippen LogP contribution >= 0.6 is 0 Å². The first kappa shape index (κ1) is 20.1. The van der Waals surface area contributed by atoms with Crippen molar-refractivity contribution in [3.63, 3.8) is 0 Å². The van der Waals surface area contributed by atoms with Crippen molar-refractivity contribution in [3.05, 3.63) is 74.9 Å². The van der Waals surface area contributed by atoms with Gasteiger partial charge in [-0.3, -0.25) is 14.2 Å². The number of benzene rings is 2. The highest BCUT2D eigenvalue weighted by molar-refractivity contribution is 5.82. The molecule has 1 unspecified atom stereocenters. The molecule has 1 aliphatic heterocycles. The Morgan fingerprint density at radius 3 is 2.50 bits per heavy atom. The molecule has 0 bridgehead atoms. The van der Waals surface area contributed by atoms with Crippen LogP contribution in [0.4, 0.5) is 0 Å². The molecule has 1 amide bonds. The molecule has 4 rings (SSSR count). The summed E-state index contributed by atoms with van der Waals surface area (Å²) in [7, 11) is 0. The molecule has 156 valence electrons. The van der Waals surface area contributed by atoms with E-state index in [1.807, 2.05) is 24.0 Å². The molecule has 1 fully saturated rings. The van der Waals surface area contributed by atoms with Gasteiger partial charge in [-0.25, -0.2) is 9.36 Å². The molecule has 2 heterocycles. The van der Waals surface area contributed by atoms with Gasteiger partial charge in [0.2, 0.25) is 5.91 Å². The molecule has 0 aliphatic carbocycles. The van der Waals surface area contributed by atoms with Crippen LogP contribution in [-0.4, -0.2) is 32.5 Å². The predicted molar refractivity (Wildman–Crippen MR) is 118 cm³/mol. The topological polar surface area (TPSA) is 64.3 Å². The van der Waals surface area contributed by atoms with Crippen LogP contribution in [0.5, 0.6) is 0 Å². The minimum Gasteiger partial charge on any atom is -0.338 e. The number of para-hydroxylation sites is 1. The zero-order valence-corrected chi connectivity index (χ0v) is 17.5. The molecular weight excluding hydrogens is 378 g/mol. The van der Waals surface area contributed by atoms with Crippen LogP contribution in [0, 0.1) is 6.92 Å². The number of fused-ring (bicyclic) bond motifs is 1. The summed E-state index contributed by atoms with van der Waals surface area (Å²) in [6, 6.07) is 14.5. The Balaban J connectivity index is 1.85. The highest BCUT2D eigenvalue weighted by atomic mass is 16.2. The van der Waals surface area contributed by atoms with Crippen molar-refractivity contribution in [2.45, 2.75) is 52.1 Å². The first-order valence-corrected chi connectivity index (χ1v) is 10.6. The van der Waals surface area contributed by atoms with E-state index in [0.29, 0.717) is 16.6 Å². The quantitative estimate of drug-likeness (QED) is 0.669. The second kappa shape index (κ2) is 8.30. The molecular formula is C24H27N3O3. The van der Waals surface area contributed by atoms with E-state index in [9.17, 15) is 14.4 Å². The van der Waals surface area contributed by atoms with Crippen molar-refractivity contribution >= 4 is 16.8 Å². The van der Waals surface area contributed by atoms with Crippen LogP contribution in [0.3, 0.4) is 0 Å². The molecule has 0 spiro atoms. The summed E-state index contributed by atoms with van der Waals surface area (Å²) in [5, 5.41) is 0.427. The number of hydrogen-bond donors (Lipinski definition) is 0. The Kier molecular flexibility index (Phi) is 5.57. The van der Waals surface area contributed by atoms with Gasteiger partial charge in [-0.1, -0.05) is 36.8 Å². The summed E-state index contributed by atoms with van der Waals surface area (Å²) in [5.41, 5.74) is 1.19. The molecule has 0 saturated carbocycles. The van der Waals surface area contributed by atoms with Crippen molar-refractivity contribution < 1.29 is 4.79 Å². The first-order valence-electron chi connectivity index (χ1n) is 10.6. The van der Waals surface area contributed by atoms with Crippen LogP contribution in [-0.2, 0) is 11.3 Å². The average Bonchev–Trinajstić information content (AvgIpc) is 2.77. The molecule has 0 N–H and O–H groups in total. The van der Waals surface area contributed by atoms with E-state index in [2.05, 4.69) is 6.92 Å². The van der Waals surface area contributed by atoms with Gasteiger partial charge in [-0.2, -0.15) is 0 Å². The van der Waals surface area contributed by atoms with Crippen molar-refractivity contribution in [3.8, 4) is 5.69 Å². The molecule has 1 aliphatic rings. The number of amides is 1. The summed E-state index contributed by atoms with van der Waals surface area (Å²) in [6.07, 6.45) is 4.02. The molecule has 1 aromatic heterocycles. The van der Waals surface area contributed by atoms with Gasteiger partial charge in [-0.15, -0.1) is 0 Å². The molecule has 30 heavy (non-hydrogen) atoms. The van der Waals surface area contributed by atoms with E-state index >= 15 is 0 Å². The van der Waals surface area contributed by atoms with Crippen LogP contribution in [0.1, 0.15) is 38.2 Å². The fourth-order valence-electron chi connectivity index (χ4n) is 4.37. The minimum absolute atomic E-state index is 0.0668. The lowest BCUT2D eigenvalue weighted by Gasteiger charge is -2.35. The molecule has 2 aromatic carbocycles. The zero-order valence-electron chi connectivity index (χ0n) is 17.5. The Labute approximate surface area is 175 Å². The number of likely N-dealkylation sites (tertiary alicyclic amines) is 1. The predicted octanol–water partition coefficient (Wildman–Crippen LogP) is 3.25. The van der Waals surface area contributed by atoms with E-state index in [1.54, 1.807) is 36.4 Å². The number of aryl methyl sites for hydroxylation is 1. The summed E-state index contributed by atoms with van der Waals surface area (Å²) in [4.78, 5) is 41.6. The zero-order chi connectivity index (χ0) is 21.3. The lowest BCUT2D eigenvalue weighted by atomic mass is 10.00. The Bertz CT molecular complexity index is 1190. The lowest BCUT2D eigenvalue weighted by Crippen LogP contribution is -2.47. The van der Waals surface area contributed by atoms with Crippen molar-refractivity contribution in [1.82, 2.24) is 14.0 Å². The number of aromatic nitrogens is 2. The van der Waals surface area contributed by atoms with Crippen LogP contribution in [0.25, 0.3) is 16.6 Å². The fraction of sp³-hybridized carbons (Fsp3) is 0.375. The monoisotopic (exact) mass is 405 g/mol. The van der Waals surface area contributed by atoms with Crippen LogP contribution < -0.4 is 11.2 Å². The van der Waals surface area contributed by atoms with E-state index in [-0.39, 0.29) is 24.1 Å². The highest BCUT2D eigenvalue weighted by Gasteiger charge is 2.26. The number of hydrogen-bond acceptors (Lipinski definition) is 3. The number of nitrogens with zero attached hydrogens (tertiary/aromatic N) is 3. The number of rotatable bonds is 4. The van der Waals surface area contributed by atoms with Crippen molar-refractivity contribution in [1.29, 1.82) is 0 Å². The van der Waals surface area contributed by atoms with Gasteiger partial charge in [0.05, 0.1) is 16.6 Å². The number of carbonyl (C=O) groups is 1. The van der Waals surface area contributed by atoms with Gasteiger partial charge in [0, 0.05) is 12.6 Å². The van der Waals surface area contributed by atoms with Gasteiger partial charge in [-0.05, 0) is 56.9 Å². The smallest absolute Gasteiger partial charge is 0.336 e. The molecule has 6 heteroatoms. The van der Waals surface area contributed by atoms with Crippen LogP contribution in [0.2, 0.25) is 0 Å². The largest absolute Gasteiger partial charge is 0.338 e. The summed E-state index contributed by atoms with van der Waals surface area (Å²) in [6.45, 7) is 4.70. The van der Waals surface area contributed by atoms with Crippen LogP contribution in [0.15, 0.2) is 58.1 Å². The second-order valence-corrected chi connectivity index (χ2v) is 8.01. The van der Waals surface area contributed by atoms with Gasteiger partial charge < -0.3 is 4.90 Å². The minimum atomic E-state index is -0.485. The van der Waals surface area contributed by atoms with Gasteiger partial charge in [0.1, 0.15) is 6.54 Å². The van der Waals surface area contributed by atoms with Gasteiger partial charge in [0.25, 0.3) is 5.56 Å². The third-order valence-electron chi connectivity index (χ3n) is 6.05. The molecule has 3 aromatic rings. The van der Waals surface area contributed by atoms with E-state index in [0.717, 1.165) is 37.8 Å². The average molecular weight is 405 g/mol. The first-order chi connectivity index (χ1) is 14.5. The summed E-state index contributed by atoms with van der Waals surface area (Å²) in [5.74, 6) is -0.0668. The highest BCUT2D eigenvalue weighted by Crippen LogP contribution is 2.20. The standard InChI is InChI=1S/C24H27N3O3/c1-3-18-8-6-7-15-25(18)22(28)16-26-21-10-5-4-9-20(21)23(29)27(24(26)30)19-13-11-17(2)12-14-19/h4-5,9-14,18H,3,6-8,15-16H2,1-2H3. The Morgan fingerprint density at radius 1 is 1.03 bits per heavy atom. The van der Waals surface area contributed by atoms with Crippen molar-refractivity contribution in [2.75, 3.05) is 6.54 Å². The van der Waals surface area contributed by atoms with Gasteiger partial charge in [0.15, 0.2) is 0 Å². The third kappa shape index (κ3) is 3.58. The maximum atomic E-state index is 13.4. The molecule has 1 saturated heterocycles. The molecule has 6 nitrogen and oxygen atoms in total. The molecule has 1 atom stereocenters. The van der Waals surface area contributed by atoms with E-state index in [1.165, 1.54) is 9.13 Å². The lowest BCUT2D eigenvalue weighted by molar-refractivity contribution is -0.135. The normalized spacial score (nSPS) is 16.7. The SMILES string of the molecule is CCC1CCCCN1C(=O)Cn1c(=O)n(-c2ccc(C)cc2)c(=O)c2ccccc21. The molecule has 0 radical (unpaired) electrons. The number of piperidine rings is 1.